The minimum Gasteiger partial charge on any atom is -0.384 e. The number of halogens is 1. The van der Waals surface area contributed by atoms with Gasteiger partial charge in [-0.1, -0.05) is 11.6 Å². The molecule has 0 aliphatic carbocycles. The molecule has 0 aliphatic heterocycles. The van der Waals surface area contributed by atoms with E-state index in [-0.39, 0.29) is 11.5 Å². The molecule has 1 heterocycles. The molecule has 0 amide bonds. The van der Waals surface area contributed by atoms with Crippen molar-refractivity contribution in [2.75, 3.05) is 5.73 Å². The predicted molar refractivity (Wildman–Crippen MR) is 50.2 cm³/mol. The summed E-state index contributed by atoms with van der Waals surface area (Å²) in [6, 6.07) is 1.39. The molecule has 0 spiro atoms. The van der Waals surface area contributed by atoms with Gasteiger partial charge in [-0.15, -0.1) is 0 Å². The minimum atomic E-state index is -0.543. The highest BCUT2D eigenvalue weighted by Gasteiger charge is 2.11. The van der Waals surface area contributed by atoms with Crippen LogP contribution in [0.15, 0.2) is 17.8 Å². The normalized spacial score (nSPS) is 10.5. The fourth-order valence-electron chi connectivity index (χ4n) is 0.835. The number of nitrogens with zero attached hydrogens (tertiary/aromatic N) is 2. The molecule has 0 radical (unpaired) electrons. The van der Waals surface area contributed by atoms with Crippen LogP contribution in [-0.4, -0.2) is 9.91 Å². The highest BCUT2D eigenvalue weighted by atomic mass is 35.5. The lowest BCUT2D eigenvalue weighted by molar-refractivity contribution is -0.385. The number of anilines is 1. The number of hydrogen-bond donors (Lipinski definition) is 1. The lowest BCUT2D eigenvalue weighted by Gasteiger charge is -1.97. The zero-order valence-corrected chi connectivity index (χ0v) is 7.23. The second-order valence-corrected chi connectivity index (χ2v) is 2.47. The van der Waals surface area contributed by atoms with E-state index in [0.29, 0.717) is 5.56 Å². The van der Waals surface area contributed by atoms with Gasteiger partial charge in [0.1, 0.15) is 12.0 Å². The van der Waals surface area contributed by atoms with Gasteiger partial charge in [-0.2, -0.15) is 0 Å². The summed E-state index contributed by atoms with van der Waals surface area (Å²) in [4.78, 5) is 13.5. The Morgan fingerprint density at radius 3 is 2.92 bits per heavy atom. The number of nitro groups is 1. The van der Waals surface area contributed by atoms with Gasteiger partial charge in [-0.25, -0.2) is 4.98 Å². The summed E-state index contributed by atoms with van der Waals surface area (Å²) in [5, 5.41) is 10.5. The zero-order chi connectivity index (χ0) is 9.84. The van der Waals surface area contributed by atoms with Gasteiger partial charge in [0.2, 0.25) is 0 Å². The Morgan fingerprint density at radius 2 is 2.38 bits per heavy atom. The van der Waals surface area contributed by atoms with E-state index < -0.39 is 4.92 Å². The average Bonchev–Trinajstić information content (AvgIpc) is 2.04. The van der Waals surface area contributed by atoms with Gasteiger partial charge >= 0.3 is 0 Å². The van der Waals surface area contributed by atoms with Gasteiger partial charge in [0.05, 0.1) is 10.5 Å². The van der Waals surface area contributed by atoms with Crippen LogP contribution in [0, 0.1) is 10.1 Å². The Hall–Kier alpha value is -1.62. The van der Waals surface area contributed by atoms with Crippen LogP contribution in [0.5, 0.6) is 0 Å². The second-order valence-electron chi connectivity index (χ2n) is 2.22. The largest absolute Gasteiger partial charge is 0.384 e. The fourth-order valence-corrected chi connectivity index (χ4v) is 0.970. The first-order chi connectivity index (χ1) is 6.15. The van der Waals surface area contributed by atoms with Crippen molar-refractivity contribution in [3.63, 3.8) is 0 Å². The molecule has 13 heavy (non-hydrogen) atoms. The highest BCUT2D eigenvalue weighted by molar-refractivity contribution is 6.27. The summed E-state index contributed by atoms with van der Waals surface area (Å²) in [5.41, 5.74) is 6.75. The van der Waals surface area contributed by atoms with Crippen LogP contribution >= 0.6 is 11.6 Å². The molecule has 0 unspecified atom stereocenters. The van der Waals surface area contributed by atoms with Crippen LogP contribution in [0.2, 0.25) is 0 Å². The summed E-state index contributed by atoms with van der Waals surface area (Å²) in [5.74, 6) is 0.218. The van der Waals surface area contributed by atoms with E-state index in [4.69, 9.17) is 17.3 Å². The fraction of sp³-hybridized carbons (Fsp3) is 0. The summed E-state index contributed by atoms with van der Waals surface area (Å²) in [6.07, 6.45) is 2.49. The third-order valence-electron chi connectivity index (χ3n) is 1.37. The highest BCUT2D eigenvalue weighted by Crippen LogP contribution is 2.20. The molecule has 0 aromatic carbocycles. The number of nitrogens with two attached hydrogens (primary N) is 1. The Kier molecular flexibility index (Phi) is 2.81. The van der Waals surface area contributed by atoms with E-state index in [1.807, 2.05) is 0 Å². The maximum absolute atomic E-state index is 10.5. The molecule has 0 saturated carbocycles. The molecule has 1 rings (SSSR count). The second kappa shape index (κ2) is 3.86. The molecule has 68 valence electrons. The van der Waals surface area contributed by atoms with Crippen molar-refractivity contribution in [3.05, 3.63) is 33.5 Å². The summed E-state index contributed by atoms with van der Waals surface area (Å²) in [6.45, 7) is 0. The van der Waals surface area contributed by atoms with Crippen LogP contribution < -0.4 is 5.73 Å². The van der Waals surface area contributed by atoms with Gasteiger partial charge < -0.3 is 5.73 Å². The van der Waals surface area contributed by atoms with Crippen molar-refractivity contribution in [1.82, 2.24) is 4.98 Å². The van der Waals surface area contributed by atoms with Crippen LogP contribution in [0.4, 0.5) is 11.5 Å². The maximum Gasteiger partial charge on any atom is 0.294 e. The molecule has 0 saturated heterocycles. The first-order valence-corrected chi connectivity index (χ1v) is 3.75. The van der Waals surface area contributed by atoms with Crippen molar-refractivity contribution in [3.8, 4) is 0 Å². The van der Waals surface area contributed by atoms with E-state index in [1.54, 1.807) is 0 Å². The number of hydrogen-bond acceptors (Lipinski definition) is 4. The maximum atomic E-state index is 10.5. The van der Waals surface area contributed by atoms with Crippen molar-refractivity contribution < 1.29 is 4.92 Å². The van der Waals surface area contributed by atoms with Crippen molar-refractivity contribution in [1.29, 1.82) is 0 Å². The summed E-state index contributed by atoms with van der Waals surface area (Å²) in [7, 11) is 0. The van der Waals surface area contributed by atoms with Crippen LogP contribution in [0.3, 0.4) is 0 Å². The minimum absolute atomic E-state index is 0.119. The van der Waals surface area contributed by atoms with Crippen LogP contribution in [0.1, 0.15) is 5.56 Å². The standard InChI is InChI=1S/C7H6ClN3O2/c8-2-1-5-3-7(9)10-4-6(5)11(12)13/h1-4H,(H2,9,10)/b2-1+. The number of pyridine rings is 1. The Morgan fingerprint density at radius 1 is 1.69 bits per heavy atom. The molecular formula is C7H6ClN3O2. The molecule has 1 aromatic heterocycles. The summed E-state index contributed by atoms with van der Waals surface area (Å²) < 4.78 is 0. The Balaban J connectivity index is 3.26. The van der Waals surface area contributed by atoms with Crippen molar-refractivity contribution >= 4 is 29.2 Å². The Labute approximate surface area is 79.0 Å². The van der Waals surface area contributed by atoms with Crippen molar-refractivity contribution in [2.24, 2.45) is 0 Å². The Bertz CT molecular complexity index is 365. The van der Waals surface area contributed by atoms with E-state index >= 15 is 0 Å². The van der Waals surface area contributed by atoms with E-state index in [0.717, 1.165) is 6.20 Å². The van der Waals surface area contributed by atoms with Gasteiger partial charge in [-0.05, 0) is 12.1 Å². The number of rotatable bonds is 2. The molecule has 2 N–H and O–H groups in total. The van der Waals surface area contributed by atoms with Gasteiger partial charge in [-0.3, -0.25) is 10.1 Å². The topological polar surface area (TPSA) is 82.0 Å². The lowest BCUT2D eigenvalue weighted by atomic mass is 10.2. The summed E-state index contributed by atoms with van der Waals surface area (Å²) >= 11 is 5.30. The van der Waals surface area contributed by atoms with Crippen LogP contribution in [-0.2, 0) is 0 Å². The molecular weight excluding hydrogens is 194 g/mol. The third-order valence-corrected chi connectivity index (χ3v) is 1.50. The third kappa shape index (κ3) is 2.16. The first-order valence-electron chi connectivity index (χ1n) is 3.32. The molecule has 6 heteroatoms. The first kappa shape index (κ1) is 9.47. The van der Waals surface area contributed by atoms with Crippen molar-refractivity contribution in [2.45, 2.75) is 0 Å². The van der Waals surface area contributed by atoms with Gasteiger partial charge in [0, 0.05) is 5.54 Å². The van der Waals surface area contributed by atoms with E-state index in [9.17, 15) is 10.1 Å². The van der Waals surface area contributed by atoms with E-state index in [2.05, 4.69) is 4.98 Å². The van der Waals surface area contributed by atoms with E-state index in [1.165, 1.54) is 17.7 Å². The van der Waals surface area contributed by atoms with Gasteiger partial charge in [0.15, 0.2) is 0 Å². The number of nitrogen functional groups attached to an aromatic ring is 1. The predicted octanol–water partition coefficient (Wildman–Crippen LogP) is 1.78. The molecule has 1 aromatic rings. The average molecular weight is 200 g/mol. The molecule has 0 bridgehead atoms. The molecule has 0 aliphatic rings. The lowest BCUT2D eigenvalue weighted by Crippen LogP contribution is -1.96. The van der Waals surface area contributed by atoms with Gasteiger partial charge in [0.25, 0.3) is 5.69 Å². The molecule has 5 nitrogen and oxygen atoms in total. The zero-order valence-electron chi connectivity index (χ0n) is 6.48. The molecule has 0 atom stereocenters. The number of aromatic nitrogens is 1. The SMILES string of the molecule is Nc1cc(/C=C/Cl)c([N+](=O)[O-])cn1. The van der Waals surface area contributed by atoms with Crippen LogP contribution in [0.25, 0.3) is 6.08 Å². The molecule has 0 fully saturated rings. The monoisotopic (exact) mass is 199 g/mol. The smallest absolute Gasteiger partial charge is 0.294 e. The quantitative estimate of drug-likeness (QED) is 0.581.